The fourth-order valence-electron chi connectivity index (χ4n) is 1.70. The normalized spacial score (nSPS) is 22.3. The lowest BCUT2D eigenvalue weighted by Gasteiger charge is -2.10. The molecule has 1 fully saturated rings. The predicted molar refractivity (Wildman–Crippen MR) is 63.8 cm³/mol. The average Bonchev–Trinajstić information content (AvgIpc) is 2.58. The molecular formula is C10H11ClN2O3S. The number of carbonyl (C=O) groups excluding carboxylic acids is 1. The minimum Gasteiger partial charge on any atom is -0.347 e. The van der Waals surface area contributed by atoms with E-state index >= 15 is 0 Å². The van der Waals surface area contributed by atoms with Gasteiger partial charge in [-0.05, 0) is 18.6 Å². The van der Waals surface area contributed by atoms with E-state index in [1.165, 1.54) is 6.07 Å². The SMILES string of the molecule is O=C(NC1CCS(=O)(=O)C1)c1cccc(Cl)n1. The second kappa shape index (κ2) is 4.62. The van der Waals surface area contributed by atoms with Crippen LogP contribution >= 0.6 is 11.6 Å². The molecule has 1 atom stereocenters. The van der Waals surface area contributed by atoms with Crippen LogP contribution < -0.4 is 5.32 Å². The molecule has 1 aromatic heterocycles. The quantitative estimate of drug-likeness (QED) is 0.804. The molecule has 0 radical (unpaired) electrons. The van der Waals surface area contributed by atoms with Crippen LogP contribution in [0.15, 0.2) is 18.2 Å². The Morgan fingerprint density at radius 2 is 2.24 bits per heavy atom. The van der Waals surface area contributed by atoms with E-state index in [0.29, 0.717) is 6.42 Å². The van der Waals surface area contributed by atoms with Crippen LogP contribution in [0.4, 0.5) is 0 Å². The molecule has 1 N–H and O–H groups in total. The van der Waals surface area contributed by atoms with Gasteiger partial charge in [-0.3, -0.25) is 4.79 Å². The van der Waals surface area contributed by atoms with Gasteiger partial charge in [-0.25, -0.2) is 13.4 Å². The number of amides is 1. The maximum absolute atomic E-state index is 11.7. The zero-order valence-electron chi connectivity index (χ0n) is 8.89. The summed E-state index contributed by atoms with van der Waals surface area (Å²) < 4.78 is 22.5. The summed E-state index contributed by atoms with van der Waals surface area (Å²) in [6.07, 6.45) is 0.453. The molecule has 1 aliphatic heterocycles. The summed E-state index contributed by atoms with van der Waals surface area (Å²) in [5.74, 6) is -0.269. The van der Waals surface area contributed by atoms with Gasteiger partial charge in [-0.2, -0.15) is 0 Å². The number of rotatable bonds is 2. The Labute approximate surface area is 104 Å². The highest BCUT2D eigenvalue weighted by Gasteiger charge is 2.29. The van der Waals surface area contributed by atoms with Gasteiger partial charge < -0.3 is 5.32 Å². The molecular weight excluding hydrogens is 264 g/mol. The van der Waals surface area contributed by atoms with Gasteiger partial charge in [-0.15, -0.1) is 0 Å². The van der Waals surface area contributed by atoms with Gasteiger partial charge in [0.2, 0.25) is 0 Å². The molecule has 1 unspecified atom stereocenters. The smallest absolute Gasteiger partial charge is 0.270 e. The van der Waals surface area contributed by atoms with Crippen molar-refractivity contribution in [1.29, 1.82) is 0 Å². The van der Waals surface area contributed by atoms with Crippen LogP contribution in [0.25, 0.3) is 0 Å². The summed E-state index contributed by atoms with van der Waals surface area (Å²) >= 11 is 5.66. The van der Waals surface area contributed by atoms with Gasteiger partial charge in [0, 0.05) is 6.04 Å². The number of nitrogens with one attached hydrogen (secondary N) is 1. The molecule has 17 heavy (non-hydrogen) atoms. The first-order valence-electron chi connectivity index (χ1n) is 5.10. The molecule has 1 amide bonds. The van der Waals surface area contributed by atoms with E-state index in [1.807, 2.05) is 0 Å². The Balaban J connectivity index is 2.03. The highest BCUT2D eigenvalue weighted by atomic mass is 35.5. The molecule has 1 aromatic rings. The molecule has 92 valence electrons. The first kappa shape index (κ1) is 12.3. The van der Waals surface area contributed by atoms with Crippen LogP contribution in [0, 0.1) is 0 Å². The van der Waals surface area contributed by atoms with E-state index in [0.717, 1.165) is 0 Å². The number of nitrogens with zero attached hydrogens (tertiary/aromatic N) is 1. The molecule has 0 saturated carbocycles. The first-order chi connectivity index (χ1) is 7.96. The van der Waals surface area contributed by atoms with E-state index in [-0.39, 0.29) is 28.4 Å². The molecule has 5 nitrogen and oxygen atoms in total. The van der Waals surface area contributed by atoms with E-state index in [2.05, 4.69) is 10.3 Å². The Bertz CT molecular complexity index is 544. The van der Waals surface area contributed by atoms with Gasteiger partial charge in [0.05, 0.1) is 11.5 Å². The first-order valence-corrected chi connectivity index (χ1v) is 7.30. The number of aromatic nitrogens is 1. The fourth-order valence-corrected chi connectivity index (χ4v) is 3.54. The monoisotopic (exact) mass is 274 g/mol. The van der Waals surface area contributed by atoms with Gasteiger partial charge in [0.25, 0.3) is 5.91 Å². The van der Waals surface area contributed by atoms with Crippen LogP contribution in [-0.4, -0.2) is 36.9 Å². The molecule has 0 aliphatic carbocycles. The third-order valence-electron chi connectivity index (χ3n) is 2.52. The van der Waals surface area contributed by atoms with Crippen LogP contribution in [0.1, 0.15) is 16.9 Å². The van der Waals surface area contributed by atoms with Crippen molar-refractivity contribution in [2.45, 2.75) is 12.5 Å². The van der Waals surface area contributed by atoms with Crippen LogP contribution in [-0.2, 0) is 9.84 Å². The number of sulfone groups is 1. The summed E-state index contributed by atoms with van der Waals surface area (Å²) in [6.45, 7) is 0. The van der Waals surface area contributed by atoms with E-state index in [9.17, 15) is 13.2 Å². The lowest BCUT2D eigenvalue weighted by molar-refractivity contribution is 0.0936. The van der Waals surface area contributed by atoms with E-state index < -0.39 is 15.7 Å². The van der Waals surface area contributed by atoms with Crippen molar-refractivity contribution in [1.82, 2.24) is 10.3 Å². The van der Waals surface area contributed by atoms with Crippen molar-refractivity contribution in [3.63, 3.8) is 0 Å². The number of hydrogen-bond acceptors (Lipinski definition) is 4. The molecule has 2 rings (SSSR count). The Hall–Kier alpha value is -1.14. The predicted octanol–water partition coefficient (Wildman–Crippen LogP) is 0.652. The highest BCUT2D eigenvalue weighted by Crippen LogP contribution is 2.12. The Morgan fingerprint density at radius 1 is 1.47 bits per heavy atom. The zero-order valence-corrected chi connectivity index (χ0v) is 10.5. The van der Waals surface area contributed by atoms with Crippen molar-refractivity contribution in [2.24, 2.45) is 0 Å². The summed E-state index contributed by atoms with van der Waals surface area (Å²) in [4.78, 5) is 15.6. The second-order valence-electron chi connectivity index (χ2n) is 3.92. The third-order valence-corrected chi connectivity index (χ3v) is 4.49. The number of hydrogen-bond donors (Lipinski definition) is 1. The number of pyridine rings is 1. The summed E-state index contributed by atoms with van der Waals surface area (Å²) in [5.41, 5.74) is 0.196. The molecule has 2 heterocycles. The fraction of sp³-hybridized carbons (Fsp3) is 0.400. The topological polar surface area (TPSA) is 76.1 Å². The summed E-state index contributed by atoms with van der Waals surface area (Å²) in [6, 6.07) is 4.40. The number of halogens is 1. The maximum atomic E-state index is 11.7. The standard InChI is InChI=1S/C10H11ClN2O3S/c11-9-3-1-2-8(13-9)10(14)12-7-4-5-17(15,16)6-7/h1-3,7H,4-6H2,(H,12,14). The molecule has 1 aliphatic rings. The van der Waals surface area contributed by atoms with Crippen molar-refractivity contribution in [3.05, 3.63) is 29.0 Å². The maximum Gasteiger partial charge on any atom is 0.270 e. The van der Waals surface area contributed by atoms with Crippen molar-refractivity contribution in [2.75, 3.05) is 11.5 Å². The molecule has 0 spiro atoms. The van der Waals surface area contributed by atoms with Gasteiger partial charge >= 0.3 is 0 Å². The van der Waals surface area contributed by atoms with Gasteiger partial charge in [-0.1, -0.05) is 17.7 Å². The minimum atomic E-state index is -2.99. The lowest BCUT2D eigenvalue weighted by Crippen LogP contribution is -2.36. The summed E-state index contributed by atoms with van der Waals surface area (Å²) in [5, 5.41) is 2.87. The number of carbonyl (C=O) groups is 1. The van der Waals surface area contributed by atoms with Gasteiger partial charge in [0.1, 0.15) is 10.8 Å². The summed E-state index contributed by atoms with van der Waals surface area (Å²) in [7, 11) is -2.99. The van der Waals surface area contributed by atoms with Gasteiger partial charge in [0.15, 0.2) is 9.84 Å². The molecule has 0 aromatic carbocycles. The van der Waals surface area contributed by atoms with Crippen LogP contribution in [0.3, 0.4) is 0 Å². The molecule has 7 heteroatoms. The molecule has 1 saturated heterocycles. The Kier molecular flexibility index (Phi) is 3.35. The van der Waals surface area contributed by atoms with Crippen molar-refractivity contribution in [3.8, 4) is 0 Å². The second-order valence-corrected chi connectivity index (χ2v) is 6.53. The third kappa shape index (κ3) is 3.17. The average molecular weight is 275 g/mol. The van der Waals surface area contributed by atoms with E-state index in [1.54, 1.807) is 12.1 Å². The zero-order chi connectivity index (χ0) is 12.5. The van der Waals surface area contributed by atoms with Crippen molar-refractivity contribution < 1.29 is 13.2 Å². The Morgan fingerprint density at radius 3 is 2.82 bits per heavy atom. The van der Waals surface area contributed by atoms with Crippen LogP contribution in [0.2, 0.25) is 5.15 Å². The highest BCUT2D eigenvalue weighted by molar-refractivity contribution is 7.91. The minimum absolute atomic E-state index is 0.000689. The van der Waals surface area contributed by atoms with E-state index in [4.69, 9.17) is 11.6 Å². The largest absolute Gasteiger partial charge is 0.347 e. The molecule has 0 bridgehead atoms. The van der Waals surface area contributed by atoms with Crippen molar-refractivity contribution >= 4 is 27.3 Å². The van der Waals surface area contributed by atoms with Crippen LogP contribution in [0.5, 0.6) is 0 Å². The lowest BCUT2D eigenvalue weighted by atomic mass is 10.2.